The van der Waals surface area contributed by atoms with Crippen molar-refractivity contribution in [2.24, 2.45) is 7.05 Å². The van der Waals surface area contributed by atoms with Crippen LogP contribution in [0.4, 0.5) is 17.1 Å². The van der Waals surface area contributed by atoms with Crippen LogP contribution in [0.1, 0.15) is 66.4 Å². The van der Waals surface area contributed by atoms with Gasteiger partial charge >= 0.3 is 34.4 Å². The molecular weight excluding hydrogens is 1250 g/mol. The first-order valence-corrected chi connectivity index (χ1v) is 29.2. The summed E-state index contributed by atoms with van der Waals surface area (Å²) in [5.41, 5.74) is 8.41. The van der Waals surface area contributed by atoms with Crippen molar-refractivity contribution in [2.45, 2.75) is 27.7 Å². The smallest absolute Gasteiger partial charge is 0.346 e. The van der Waals surface area contributed by atoms with Gasteiger partial charge in [0.25, 0.3) is 34.1 Å². The van der Waals surface area contributed by atoms with E-state index < -0.39 is 79.6 Å². The number of benzene rings is 9. The highest BCUT2D eigenvalue weighted by Gasteiger charge is 2.26. The highest BCUT2D eigenvalue weighted by Crippen LogP contribution is 2.28. The zero-order chi connectivity index (χ0) is 70.1. The number of carboxylic acid groups (broad SMARTS) is 2. The Morgan fingerprint density at radius 1 is 0.392 bits per heavy atom. The number of carboxylic acids is 2. The molecule has 0 aliphatic carbocycles. The molecule has 0 radical (unpaired) electrons. The molecular formula is C72H56N6O19. The highest BCUT2D eigenvalue weighted by atomic mass is 16.5. The van der Waals surface area contributed by atoms with E-state index in [1.165, 1.54) is 26.2 Å². The van der Waals surface area contributed by atoms with Gasteiger partial charge in [0.1, 0.15) is 34.5 Å². The van der Waals surface area contributed by atoms with Crippen LogP contribution in [0.15, 0.2) is 229 Å². The van der Waals surface area contributed by atoms with Crippen molar-refractivity contribution in [2.75, 3.05) is 23.8 Å². The molecule has 0 spiro atoms. The maximum atomic E-state index is 12.9. The van der Waals surface area contributed by atoms with Crippen molar-refractivity contribution in [3.8, 4) is 40.2 Å². The number of nitrogen functional groups attached to an aromatic ring is 2. The van der Waals surface area contributed by atoms with E-state index in [9.17, 15) is 67.7 Å². The Kier molecular flexibility index (Phi) is 20.2. The van der Waals surface area contributed by atoms with Gasteiger partial charge in [0.15, 0.2) is 0 Å². The molecule has 0 aliphatic rings. The summed E-state index contributed by atoms with van der Waals surface area (Å²) in [6, 6.07) is 49.2. The molecule has 0 aliphatic heterocycles. The minimum atomic E-state index is -1.51. The first-order valence-electron chi connectivity index (χ1n) is 29.2. The molecule has 2 amide bonds. The van der Waals surface area contributed by atoms with Gasteiger partial charge in [-0.3, -0.25) is 33.3 Å². The van der Waals surface area contributed by atoms with E-state index in [2.05, 4.69) is 19.5 Å². The van der Waals surface area contributed by atoms with Crippen LogP contribution in [0, 0.1) is 13.8 Å². The van der Waals surface area contributed by atoms with Crippen LogP contribution < -0.4 is 81.1 Å². The largest absolute Gasteiger partial charge is 0.478 e. The fraction of sp³-hybridized carbons (Fsp3) is 0.0833. The number of nitrogens with zero attached hydrogens (tertiary/aromatic N) is 2. The summed E-state index contributed by atoms with van der Waals surface area (Å²) < 4.78 is 27.8. The van der Waals surface area contributed by atoms with E-state index in [0.717, 1.165) is 67.4 Å². The number of hydrogen-bond donors (Lipinski definition) is 6. The third-order valence-electron chi connectivity index (χ3n) is 14.6. The molecule has 25 nitrogen and oxygen atoms in total. The SMILES string of the molecule is CC.CNC(=O)c1cc(C(=O)Nc2ccc(Oc3ccc(C)cc3)cc2)c(C(=O)O)cc1C(=O)O.Cc1ccc(Oc2ccc(-n3c(=O)c4cc5c(=O)n(C)c(=O)c5cc4c3=O)cc2)cc1.Nc1ccc(Oc2ccc(N)cc2)cc1.O=c1oc(=O)c2cc3c(=O)oc(=O)c3cc12. The fourth-order valence-corrected chi connectivity index (χ4v) is 9.62. The van der Waals surface area contributed by atoms with Gasteiger partial charge in [-0.2, -0.15) is 0 Å². The number of anilines is 3. The molecule has 13 aromatic rings. The number of fused-ring (bicyclic) bond motifs is 4. The van der Waals surface area contributed by atoms with Gasteiger partial charge < -0.3 is 55.4 Å². The Morgan fingerprint density at radius 3 is 1.02 bits per heavy atom. The minimum absolute atomic E-state index is 0.0181. The molecule has 0 saturated carbocycles. The molecule has 488 valence electrons. The highest BCUT2D eigenvalue weighted by molar-refractivity contribution is 6.15. The second-order valence-corrected chi connectivity index (χ2v) is 21.0. The van der Waals surface area contributed by atoms with E-state index in [4.69, 9.17) is 25.7 Å². The average Bonchev–Trinajstić information content (AvgIpc) is 1.60. The molecule has 25 heteroatoms. The second kappa shape index (κ2) is 28.9. The number of nitrogens with one attached hydrogen (secondary N) is 2. The third kappa shape index (κ3) is 15.0. The Labute approximate surface area is 545 Å². The topological polar surface area (TPSA) is 385 Å². The number of aromatic carboxylic acids is 2. The van der Waals surface area contributed by atoms with Crippen molar-refractivity contribution in [3.05, 3.63) is 298 Å². The molecule has 97 heavy (non-hydrogen) atoms. The number of hydrogen-bond acceptors (Lipinski definition) is 19. The molecule has 0 unspecified atom stereocenters. The van der Waals surface area contributed by atoms with Crippen LogP contribution in [-0.4, -0.2) is 50.1 Å². The lowest BCUT2D eigenvalue weighted by atomic mass is 9.97. The van der Waals surface area contributed by atoms with E-state index >= 15 is 0 Å². The van der Waals surface area contributed by atoms with Crippen LogP contribution >= 0.6 is 0 Å². The van der Waals surface area contributed by atoms with Crippen molar-refractivity contribution in [1.82, 2.24) is 14.5 Å². The number of ether oxygens (including phenoxy) is 3. The van der Waals surface area contributed by atoms with Crippen LogP contribution in [0.3, 0.4) is 0 Å². The monoisotopic (exact) mass is 1310 g/mol. The predicted octanol–water partition coefficient (Wildman–Crippen LogP) is 9.50. The molecule has 4 heterocycles. The number of amides is 2. The Bertz CT molecular complexity index is 5340. The molecule has 8 N–H and O–H groups in total. The molecule has 0 saturated heterocycles. The normalized spacial score (nSPS) is 10.6. The van der Waals surface area contributed by atoms with Gasteiger partial charge in [-0.15, -0.1) is 0 Å². The van der Waals surface area contributed by atoms with Crippen molar-refractivity contribution >= 4 is 83.9 Å². The van der Waals surface area contributed by atoms with Crippen molar-refractivity contribution < 1.29 is 52.4 Å². The molecule has 9 aromatic carbocycles. The second-order valence-electron chi connectivity index (χ2n) is 21.0. The number of aryl methyl sites for hydroxylation is 2. The molecule has 4 aromatic heterocycles. The molecule has 13 rings (SSSR count). The molecule has 0 atom stereocenters. The first kappa shape index (κ1) is 67.8. The molecule has 0 bridgehead atoms. The Balaban J connectivity index is 0.000000158. The maximum absolute atomic E-state index is 12.9. The summed E-state index contributed by atoms with van der Waals surface area (Å²) in [6.07, 6.45) is 0. The van der Waals surface area contributed by atoms with Gasteiger partial charge in [0.05, 0.1) is 71.0 Å². The van der Waals surface area contributed by atoms with Crippen LogP contribution in [0.5, 0.6) is 34.5 Å². The summed E-state index contributed by atoms with van der Waals surface area (Å²) in [5.74, 6) is -0.671. The number of carbonyl (C=O) groups is 4. The van der Waals surface area contributed by atoms with Gasteiger partial charge in [-0.05, 0) is 172 Å². The van der Waals surface area contributed by atoms with Gasteiger partial charge in [0, 0.05) is 31.2 Å². The van der Waals surface area contributed by atoms with Crippen molar-refractivity contribution in [1.29, 1.82) is 0 Å². The minimum Gasteiger partial charge on any atom is -0.478 e. The van der Waals surface area contributed by atoms with E-state index in [1.54, 1.807) is 72.8 Å². The quantitative estimate of drug-likeness (QED) is 0.0620. The summed E-state index contributed by atoms with van der Waals surface area (Å²) in [4.78, 5) is 143. The number of nitrogens with two attached hydrogens (primary N) is 2. The summed E-state index contributed by atoms with van der Waals surface area (Å²) >= 11 is 0. The van der Waals surface area contributed by atoms with Crippen LogP contribution in [0.2, 0.25) is 0 Å². The molecule has 0 fully saturated rings. The van der Waals surface area contributed by atoms with Gasteiger partial charge in [-0.1, -0.05) is 49.2 Å². The number of rotatable bonds is 12. The van der Waals surface area contributed by atoms with E-state index in [-0.39, 0.29) is 54.2 Å². The van der Waals surface area contributed by atoms with Crippen LogP contribution in [0.25, 0.3) is 48.8 Å². The number of carbonyl (C=O) groups excluding carboxylic acids is 2. The maximum Gasteiger partial charge on any atom is 0.346 e. The lowest BCUT2D eigenvalue weighted by molar-refractivity contribution is 0.0688. The Morgan fingerprint density at radius 2 is 0.680 bits per heavy atom. The number of aromatic nitrogens is 2. The fourth-order valence-electron chi connectivity index (χ4n) is 9.62. The Hall–Kier alpha value is -13.6. The van der Waals surface area contributed by atoms with E-state index in [0.29, 0.717) is 34.4 Å². The number of furan rings is 2. The summed E-state index contributed by atoms with van der Waals surface area (Å²) in [5, 5.41) is 24.1. The average molecular weight is 1310 g/mol. The third-order valence-corrected chi connectivity index (χ3v) is 14.6. The lowest BCUT2D eigenvalue weighted by Crippen LogP contribution is -2.24. The van der Waals surface area contributed by atoms with Crippen molar-refractivity contribution in [3.63, 3.8) is 0 Å². The van der Waals surface area contributed by atoms with E-state index in [1.807, 2.05) is 100 Å². The first-order chi connectivity index (χ1) is 46.3. The lowest BCUT2D eigenvalue weighted by Gasteiger charge is -2.13. The standard InChI is InChI=1S/C24H20N2O7.C24H16N2O5.C12H12N2O.C10H2O6.C2H6/c1-13-3-7-15(8-4-13)33-16-9-5-14(6-10-16)26-22(28)18-11-17(21(27)25-2)19(23(29)30)12-20(18)24(31)32;1-13-3-7-15(8-4-13)31-16-9-5-14(6-10-16)26-23(29)19-11-17-18(12-20(19)24(26)30)22(28)25(2)21(17)27;13-9-1-5-11(6-2-9)15-12-7-3-10(14)4-8-12;11-7-3-1-4-6(10(14)16-8(4)12)2-5(3)9(13)15-7;1-2/h3-12H,1-2H3,(H,25,27)(H,26,28)(H,29,30)(H,31,32);3-12H,1-2H3;1-8H,13-14H2;1-2H;1-2H3. The zero-order valence-corrected chi connectivity index (χ0v) is 52.2. The summed E-state index contributed by atoms with van der Waals surface area (Å²) in [7, 11) is 2.66. The summed E-state index contributed by atoms with van der Waals surface area (Å²) in [6.45, 7) is 7.95. The zero-order valence-electron chi connectivity index (χ0n) is 52.2. The van der Waals surface area contributed by atoms with Gasteiger partial charge in [0.2, 0.25) is 0 Å². The van der Waals surface area contributed by atoms with Gasteiger partial charge in [-0.25, -0.2) is 33.3 Å². The predicted molar refractivity (Wildman–Crippen MR) is 364 cm³/mol. The van der Waals surface area contributed by atoms with Crippen LogP contribution in [-0.2, 0) is 7.05 Å².